The van der Waals surface area contributed by atoms with Gasteiger partial charge in [-0.05, 0) is 25.5 Å². The molecule has 0 radical (unpaired) electrons. The van der Waals surface area contributed by atoms with Crippen LogP contribution in [0.15, 0.2) is 29.2 Å². The van der Waals surface area contributed by atoms with Crippen LogP contribution in [-0.2, 0) is 15.3 Å². The summed E-state index contributed by atoms with van der Waals surface area (Å²) in [6.45, 7) is 4.82. The first kappa shape index (κ1) is 15.4. The molecule has 0 spiro atoms. The van der Waals surface area contributed by atoms with Gasteiger partial charge in [-0.15, -0.1) is 0 Å². The summed E-state index contributed by atoms with van der Waals surface area (Å²) in [7, 11) is 0. The molecule has 0 aromatic heterocycles. The predicted octanol–water partition coefficient (Wildman–Crippen LogP) is 4.39. The third-order valence-corrected chi connectivity index (χ3v) is 3.94. The van der Waals surface area contributed by atoms with Crippen molar-refractivity contribution >= 4 is 11.1 Å². The van der Waals surface area contributed by atoms with Crippen LogP contribution in [0.1, 0.15) is 51.0 Å². The number of rotatable bonds is 9. The van der Waals surface area contributed by atoms with Crippen molar-refractivity contribution in [3.05, 3.63) is 29.8 Å². The predicted molar refractivity (Wildman–Crippen MR) is 76.9 cm³/mol. The molecule has 1 atom stereocenters. The molecule has 3 heteroatoms. The molecule has 0 aliphatic heterocycles. The van der Waals surface area contributed by atoms with Gasteiger partial charge in [0.05, 0.1) is 11.5 Å². The molecule has 0 aliphatic carbocycles. The van der Waals surface area contributed by atoms with Crippen LogP contribution in [-0.4, -0.2) is 10.8 Å². The van der Waals surface area contributed by atoms with Gasteiger partial charge >= 0.3 is 0 Å². The summed E-state index contributed by atoms with van der Waals surface area (Å²) in [4.78, 5) is 0.756. The molecular weight excluding hydrogens is 244 g/mol. The minimum Gasteiger partial charge on any atom is -0.287 e. The van der Waals surface area contributed by atoms with E-state index in [0.717, 1.165) is 11.3 Å². The van der Waals surface area contributed by atoms with E-state index in [2.05, 4.69) is 6.92 Å². The summed E-state index contributed by atoms with van der Waals surface area (Å²) in [5.41, 5.74) is 1.17. The second-order valence-electron chi connectivity index (χ2n) is 4.64. The fourth-order valence-corrected chi connectivity index (χ4v) is 2.50. The summed E-state index contributed by atoms with van der Waals surface area (Å²) in [5.74, 6) is 0. The molecular formula is C15H24O2S. The molecule has 102 valence electrons. The number of unbranched alkanes of at least 4 members (excludes halogenated alkanes) is 5. The van der Waals surface area contributed by atoms with Gasteiger partial charge in [0.1, 0.15) is 0 Å². The zero-order chi connectivity index (χ0) is 13.2. The Balaban J connectivity index is 2.12. The number of hydrogen-bond donors (Lipinski definition) is 0. The average Bonchev–Trinajstić information content (AvgIpc) is 2.38. The van der Waals surface area contributed by atoms with Crippen molar-refractivity contribution in [2.45, 2.75) is 57.3 Å². The highest BCUT2D eigenvalue weighted by molar-refractivity contribution is 7.80. The van der Waals surface area contributed by atoms with Gasteiger partial charge < -0.3 is 0 Å². The Kier molecular flexibility index (Phi) is 7.94. The zero-order valence-corrected chi connectivity index (χ0v) is 12.3. The first-order chi connectivity index (χ1) is 8.74. The molecule has 0 saturated carbocycles. The number of benzene rings is 1. The van der Waals surface area contributed by atoms with Crippen LogP contribution in [0, 0.1) is 6.92 Å². The fraction of sp³-hybridized carbons (Fsp3) is 0.600. The monoisotopic (exact) mass is 268 g/mol. The molecule has 0 fully saturated rings. The second kappa shape index (κ2) is 9.29. The SMILES string of the molecule is CCCCCCCCOS(=O)c1ccc(C)cc1. The van der Waals surface area contributed by atoms with Gasteiger partial charge in [0.2, 0.25) is 0 Å². The standard InChI is InChI=1S/C15H24O2S/c1-3-4-5-6-7-8-13-17-18(16)15-11-9-14(2)10-12-15/h9-12H,3-8,13H2,1-2H3. The van der Waals surface area contributed by atoms with Crippen molar-refractivity contribution in [3.8, 4) is 0 Å². The Labute approximate surface area is 113 Å². The lowest BCUT2D eigenvalue weighted by Crippen LogP contribution is -2.00. The number of aryl methyl sites for hydroxylation is 1. The lowest BCUT2D eigenvalue weighted by atomic mass is 10.1. The molecule has 1 aromatic rings. The van der Waals surface area contributed by atoms with Gasteiger partial charge in [-0.3, -0.25) is 4.18 Å². The third kappa shape index (κ3) is 6.31. The van der Waals surface area contributed by atoms with Crippen LogP contribution in [0.4, 0.5) is 0 Å². The van der Waals surface area contributed by atoms with E-state index in [1.807, 2.05) is 31.2 Å². The average molecular weight is 268 g/mol. The topological polar surface area (TPSA) is 26.3 Å². The summed E-state index contributed by atoms with van der Waals surface area (Å²) < 4.78 is 17.1. The lowest BCUT2D eigenvalue weighted by molar-refractivity contribution is 0.332. The summed E-state index contributed by atoms with van der Waals surface area (Å²) in [5, 5.41) is 0. The normalized spacial score (nSPS) is 12.6. The van der Waals surface area contributed by atoms with Gasteiger partial charge in [0, 0.05) is 0 Å². The van der Waals surface area contributed by atoms with Crippen LogP contribution >= 0.6 is 0 Å². The maximum absolute atomic E-state index is 11.8. The first-order valence-corrected chi connectivity index (χ1v) is 7.93. The quantitative estimate of drug-likeness (QED) is 0.621. The van der Waals surface area contributed by atoms with Crippen LogP contribution in [0.2, 0.25) is 0 Å². The van der Waals surface area contributed by atoms with Crippen molar-refractivity contribution in [2.75, 3.05) is 6.61 Å². The van der Waals surface area contributed by atoms with Crippen molar-refractivity contribution in [1.29, 1.82) is 0 Å². The number of hydrogen-bond acceptors (Lipinski definition) is 2. The Bertz CT molecular complexity index is 346. The van der Waals surface area contributed by atoms with E-state index >= 15 is 0 Å². The summed E-state index contributed by atoms with van der Waals surface area (Å²) in [6, 6.07) is 7.65. The van der Waals surface area contributed by atoms with Gasteiger partial charge in [0.25, 0.3) is 0 Å². The Morgan fingerprint density at radius 1 is 1.00 bits per heavy atom. The Hall–Kier alpha value is -0.670. The van der Waals surface area contributed by atoms with E-state index in [9.17, 15) is 4.21 Å². The Morgan fingerprint density at radius 2 is 1.61 bits per heavy atom. The highest BCUT2D eigenvalue weighted by Gasteiger charge is 2.03. The zero-order valence-electron chi connectivity index (χ0n) is 11.5. The molecule has 0 N–H and O–H groups in total. The van der Waals surface area contributed by atoms with Crippen molar-refractivity contribution in [1.82, 2.24) is 0 Å². The fourth-order valence-electron chi connectivity index (χ4n) is 1.73. The molecule has 0 heterocycles. The largest absolute Gasteiger partial charge is 0.287 e. The Morgan fingerprint density at radius 3 is 2.28 bits per heavy atom. The van der Waals surface area contributed by atoms with Crippen molar-refractivity contribution in [2.24, 2.45) is 0 Å². The van der Waals surface area contributed by atoms with E-state index in [1.165, 1.54) is 37.7 Å². The van der Waals surface area contributed by atoms with Crippen molar-refractivity contribution < 1.29 is 8.39 Å². The molecule has 1 aromatic carbocycles. The summed E-state index contributed by atoms with van der Waals surface area (Å²) >= 11 is -1.30. The molecule has 0 amide bonds. The van der Waals surface area contributed by atoms with Crippen LogP contribution in [0.25, 0.3) is 0 Å². The molecule has 2 nitrogen and oxygen atoms in total. The van der Waals surface area contributed by atoms with Crippen molar-refractivity contribution in [3.63, 3.8) is 0 Å². The minimum atomic E-state index is -1.30. The lowest BCUT2D eigenvalue weighted by Gasteiger charge is -2.04. The maximum Gasteiger partial charge on any atom is 0.189 e. The van der Waals surface area contributed by atoms with E-state index in [1.54, 1.807) is 0 Å². The molecule has 0 saturated heterocycles. The second-order valence-corrected chi connectivity index (χ2v) is 5.81. The maximum atomic E-state index is 11.8. The van der Waals surface area contributed by atoms with E-state index in [0.29, 0.717) is 6.61 Å². The van der Waals surface area contributed by atoms with Gasteiger partial charge in [-0.1, -0.05) is 56.7 Å². The first-order valence-electron chi connectivity index (χ1n) is 6.85. The molecule has 0 bridgehead atoms. The molecule has 0 aliphatic rings. The van der Waals surface area contributed by atoms with Crippen LogP contribution < -0.4 is 0 Å². The molecule has 1 rings (SSSR count). The van der Waals surface area contributed by atoms with Gasteiger partial charge in [0.15, 0.2) is 11.1 Å². The van der Waals surface area contributed by atoms with E-state index in [-0.39, 0.29) is 0 Å². The summed E-state index contributed by atoms with van der Waals surface area (Å²) in [6.07, 6.45) is 7.32. The van der Waals surface area contributed by atoms with Gasteiger partial charge in [-0.2, -0.15) is 0 Å². The smallest absolute Gasteiger partial charge is 0.189 e. The third-order valence-electron chi connectivity index (χ3n) is 2.90. The van der Waals surface area contributed by atoms with Crippen LogP contribution in [0.3, 0.4) is 0 Å². The van der Waals surface area contributed by atoms with E-state index in [4.69, 9.17) is 4.18 Å². The minimum absolute atomic E-state index is 0.590. The van der Waals surface area contributed by atoms with E-state index < -0.39 is 11.1 Å². The molecule has 18 heavy (non-hydrogen) atoms. The van der Waals surface area contributed by atoms with Gasteiger partial charge in [-0.25, -0.2) is 4.21 Å². The highest BCUT2D eigenvalue weighted by atomic mass is 32.2. The van der Waals surface area contributed by atoms with Crippen LogP contribution in [0.5, 0.6) is 0 Å². The molecule has 1 unspecified atom stereocenters. The highest BCUT2D eigenvalue weighted by Crippen LogP contribution is 2.10.